The number of carboxylic acids is 1. The predicted octanol–water partition coefficient (Wildman–Crippen LogP) is 7.94. The number of ether oxygens (including phenoxy) is 2. The van der Waals surface area contributed by atoms with E-state index in [1.54, 1.807) is 13.8 Å². The van der Waals surface area contributed by atoms with Crippen LogP contribution in [0.1, 0.15) is 151 Å². The lowest BCUT2D eigenvalue weighted by Crippen LogP contribution is -2.57. The topological polar surface area (TPSA) is 114 Å². The van der Waals surface area contributed by atoms with Crippen molar-refractivity contribution in [1.29, 1.82) is 0 Å². The van der Waals surface area contributed by atoms with Gasteiger partial charge in [0, 0.05) is 23.9 Å². The predicted molar refractivity (Wildman–Crippen MR) is 181 cm³/mol. The summed E-state index contributed by atoms with van der Waals surface area (Å²) in [4.78, 5) is 38.8. The first kappa shape index (κ1) is 39.2. The van der Waals surface area contributed by atoms with E-state index in [-0.39, 0.29) is 36.2 Å². The first-order chi connectivity index (χ1) is 21.4. The van der Waals surface area contributed by atoms with Crippen molar-refractivity contribution in [2.45, 2.75) is 169 Å². The average molecular weight is 635 g/mol. The summed E-state index contributed by atoms with van der Waals surface area (Å²) in [5.41, 5.74) is -0.542. The maximum absolute atomic E-state index is 13.2. The summed E-state index contributed by atoms with van der Waals surface area (Å²) in [5.74, 6) is -3.27. The maximum atomic E-state index is 13.2. The summed E-state index contributed by atoms with van der Waals surface area (Å²) in [7, 11) is 0. The number of amides is 2. The van der Waals surface area contributed by atoms with E-state index < -0.39 is 29.2 Å². The molecule has 0 aromatic heterocycles. The van der Waals surface area contributed by atoms with Gasteiger partial charge in [0.25, 0.3) is 0 Å². The molecular formula is C37H66N2O6. The summed E-state index contributed by atoms with van der Waals surface area (Å²) in [6.45, 7) is 12.0. The molecule has 8 nitrogen and oxygen atoms in total. The van der Waals surface area contributed by atoms with Gasteiger partial charge in [0.2, 0.25) is 11.8 Å². The van der Waals surface area contributed by atoms with E-state index in [1.165, 1.54) is 57.8 Å². The number of nitrogens with one attached hydrogen (secondary N) is 2. The molecular weight excluding hydrogens is 568 g/mol. The van der Waals surface area contributed by atoms with Gasteiger partial charge in [0.15, 0.2) is 5.79 Å². The van der Waals surface area contributed by atoms with Gasteiger partial charge in [-0.05, 0) is 64.7 Å². The van der Waals surface area contributed by atoms with Gasteiger partial charge in [-0.2, -0.15) is 0 Å². The first-order valence-corrected chi connectivity index (χ1v) is 18.2. The molecule has 1 aliphatic carbocycles. The number of rotatable bonds is 21. The molecule has 2 aliphatic rings. The second-order valence-electron chi connectivity index (χ2n) is 14.8. The van der Waals surface area contributed by atoms with Gasteiger partial charge < -0.3 is 25.2 Å². The molecule has 5 atom stereocenters. The van der Waals surface area contributed by atoms with Crippen molar-refractivity contribution < 1.29 is 29.0 Å². The average Bonchev–Trinajstić information content (AvgIpc) is 2.99. The monoisotopic (exact) mass is 634 g/mol. The molecule has 2 fully saturated rings. The minimum atomic E-state index is -0.945. The molecule has 8 heteroatoms. The number of carbonyl (C=O) groups is 3. The highest BCUT2D eigenvalue weighted by molar-refractivity contribution is 5.82. The van der Waals surface area contributed by atoms with Crippen molar-refractivity contribution >= 4 is 17.8 Å². The fraction of sp³-hybridized carbons (Fsp3) is 0.865. The minimum Gasteiger partial charge on any atom is -0.481 e. The zero-order chi connectivity index (χ0) is 33.3. The highest BCUT2D eigenvalue weighted by Crippen LogP contribution is 2.35. The molecule has 260 valence electrons. The van der Waals surface area contributed by atoms with Crippen molar-refractivity contribution in [3.8, 4) is 0 Å². The van der Waals surface area contributed by atoms with E-state index in [2.05, 4.69) is 29.7 Å². The van der Waals surface area contributed by atoms with Gasteiger partial charge in [-0.1, -0.05) is 104 Å². The van der Waals surface area contributed by atoms with E-state index >= 15 is 0 Å². The van der Waals surface area contributed by atoms with Crippen LogP contribution in [-0.4, -0.2) is 54.0 Å². The van der Waals surface area contributed by atoms with Crippen molar-refractivity contribution in [2.75, 3.05) is 13.2 Å². The van der Waals surface area contributed by atoms with Crippen LogP contribution < -0.4 is 10.6 Å². The number of unbranched alkanes of at least 4 members (excludes halogenated alkanes) is 10. The lowest BCUT2D eigenvalue weighted by molar-refractivity contribution is -0.304. The molecule has 0 radical (unpaired) electrons. The zero-order valence-corrected chi connectivity index (χ0v) is 29.5. The molecule has 1 saturated carbocycles. The van der Waals surface area contributed by atoms with Crippen LogP contribution in [0.2, 0.25) is 0 Å². The number of carboxylic acid groups (broad SMARTS) is 1. The van der Waals surface area contributed by atoms with Gasteiger partial charge in [-0.25, -0.2) is 0 Å². The summed E-state index contributed by atoms with van der Waals surface area (Å²) < 4.78 is 11.7. The SMILES string of the molecule is CCCCCCCC/C=C\CCCCCCC(C)C(=O)N[C@H]1CCCC[C@H]1C(CNC(=O)C1OC(C)(C)OCC1(C)C)C(=O)O. The van der Waals surface area contributed by atoms with Crippen molar-refractivity contribution in [1.82, 2.24) is 10.6 Å². The quantitative estimate of drug-likeness (QED) is 0.0873. The van der Waals surface area contributed by atoms with Crippen molar-refractivity contribution in [2.24, 2.45) is 23.2 Å². The molecule has 2 rings (SSSR count). The Hall–Kier alpha value is -1.93. The number of allylic oxidation sites excluding steroid dienone is 2. The van der Waals surface area contributed by atoms with E-state index in [1.807, 2.05) is 20.8 Å². The molecule has 3 unspecified atom stereocenters. The third-order valence-electron chi connectivity index (χ3n) is 9.72. The standard InChI is InChI=1S/C37H66N2O6/c1-7-8-9-10-11-12-13-14-15-16-17-18-19-20-23-28(2)33(40)39-31-25-22-21-24-29(31)30(35(42)43)26-38-34(41)32-36(3,4)27-44-37(5,6)45-32/h14-15,28-32H,7-13,16-27H2,1-6H3,(H,38,41)(H,39,40)(H,42,43)/b15-14-/t28?,29-,30?,31-,32?/m0/s1. The third kappa shape index (κ3) is 14.6. The van der Waals surface area contributed by atoms with Gasteiger partial charge >= 0.3 is 5.97 Å². The molecule has 0 spiro atoms. The lowest BCUT2D eigenvalue weighted by atomic mass is 9.76. The van der Waals surface area contributed by atoms with Crippen LogP contribution in [0.25, 0.3) is 0 Å². The number of aliphatic carboxylic acids is 1. The Morgan fingerprint density at radius 1 is 0.889 bits per heavy atom. The minimum absolute atomic E-state index is 0.00617. The molecule has 45 heavy (non-hydrogen) atoms. The first-order valence-electron chi connectivity index (χ1n) is 18.2. The number of hydrogen-bond acceptors (Lipinski definition) is 5. The molecule has 0 aromatic rings. The van der Waals surface area contributed by atoms with E-state index in [9.17, 15) is 19.5 Å². The summed E-state index contributed by atoms with van der Waals surface area (Å²) in [5, 5.41) is 16.3. The van der Waals surface area contributed by atoms with Crippen LogP contribution in [-0.2, 0) is 23.9 Å². The summed E-state index contributed by atoms with van der Waals surface area (Å²) in [6.07, 6.45) is 23.0. The van der Waals surface area contributed by atoms with Crippen LogP contribution >= 0.6 is 0 Å². The third-order valence-corrected chi connectivity index (χ3v) is 9.72. The Kier molecular flexibility index (Phi) is 17.7. The van der Waals surface area contributed by atoms with Crippen LogP contribution in [0.3, 0.4) is 0 Å². The smallest absolute Gasteiger partial charge is 0.308 e. The second-order valence-corrected chi connectivity index (χ2v) is 14.8. The Morgan fingerprint density at radius 2 is 1.49 bits per heavy atom. The van der Waals surface area contributed by atoms with Crippen LogP contribution in [0.5, 0.6) is 0 Å². The summed E-state index contributed by atoms with van der Waals surface area (Å²) in [6, 6.07) is -0.204. The Balaban J connectivity index is 1.74. The van der Waals surface area contributed by atoms with Gasteiger partial charge in [-0.15, -0.1) is 0 Å². The highest BCUT2D eigenvalue weighted by Gasteiger charge is 2.46. The molecule has 1 saturated heterocycles. The molecule has 0 aromatic carbocycles. The molecule has 1 aliphatic heterocycles. The molecule has 2 amide bonds. The Bertz CT molecular complexity index is 917. The fourth-order valence-electron chi connectivity index (χ4n) is 6.67. The molecule has 1 heterocycles. The van der Waals surface area contributed by atoms with Gasteiger partial charge in [0.05, 0.1) is 12.5 Å². The van der Waals surface area contributed by atoms with E-state index in [0.29, 0.717) is 13.0 Å². The number of carbonyl (C=O) groups excluding carboxylic acids is 2. The largest absolute Gasteiger partial charge is 0.481 e. The fourth-order valence-corrected chi connectivity index (χ4v) is 6.67. The summed E-state index contributed by atoms with van der Waals surface area (Å²) >= 11 is 0. The van der Waals surface area contributed by atoms with Gasteiger partial charge in [-0.3, -0.25) is 14.4 Å². The van der Waals surface area contributed by atoms with Crippen LogP contribution in [0.15, 0.2) is 12.2 Å². The normalized spacial score (nSPS) is 24.2. The zero-order valence-electron chi connectivity index (χ0n) is 29.5. The Labute approximate surface area is 274 Å². The lowest BCUT2D eigenvalue weighted by Gasteiger charge is -2.45. The Morgan fingerprint density at radius 3 is 2.13 bits per heavy atom. The van der Waals surface area contributed by atoms with Crippen LogP contribution in [0, 0.1) is 23.2 Å². The molecule has 0 bridgehead atoms. The van der Waals surface area contributed by atoms with Crippen molar-refractivity contribution in [3.05, 3.63) is 12.2 Å². The van der Waals surface area contributed by atoms with E-state index in [4.69, 9.17) is 9.47 Å². The maximum Gasteiger partial charge on any atom is 0.308 e. The van der Waals surface area contributed by atoms with Gasteiger partial charge in [0.1, 0.15) is 6.10 Å². The number of hydrogen-bond donors (Lipinski definition) is 3. The van der Waals surface area contributed by atoms with Crippen LogP contribution in [0.4, 0.5) is 0 Å². The van der Waals surface area contributed by atoms with E-state index in [0.717, 1.165) is 44.9 Å². The van der Waals surface area contributed by atoms with Crippen molar-refractivity contribution in [3.63, 3.8) is 0 Å². The second kappa shape index (κ2) is 20.3. The molecule has 3 N–H and O–H groups in total. The highest BCUT2D eigenvalue weighted by atomic mass is 16.7.